The molecule has 2 heteroatoms. The van der Waals surface area contributed by atoms with E-state index in [0.717, 1.165) is 19.3 Å². The number of aliphatic hydroxyl groups is 1. The molecule has 0 fully saturated rings. The van der Waals surface area contributed by atoms with Crippen LogP contribution in [0.25, 0.3) is 0 Å². The quantitative estimate of drug-likeness (QED) is 0.509. The lowest BCUT2D eigenvalue weighted by molar-refractivity contribution is -0.106. The van der Waals surface area contributed by atoms with Crippen LogP contribution >= 0.6 is 0 Å². The fraction of sp³-hybridized carbons (Fsp3) is 0.857. The van der Waals surface area contributed by atoms with Crippen LogP contribution in [0.15, 0.2) is 0 Å². The number of aliphatic hydroxyl groups excluding tert-OH is 1. The monoisotopic (exact) mass is 134 g/mol. The highest BCUT2D eigenvalue weighted by Gasteiger charge is 1.68. The third-order valence-electron chi connectivity index (χ3n) is 0. The zero-order valence-corrected chi connectivity index (χ0v) is 7.01. The highest BCUT2D eigenvalue weighted by Crippen LogP contribution is 1.81. The van der Waals surface area contributed by atoms with Gasteiger partial charge in [0.25, 0.3) is 0 Å². The molecule has 0 saturated carbocycles. The highest BCUT2D eigenvalue weighted by atomic mass is 16.2. The Morgan fingerprint density at radius 2 is 1.22 bits per heavy atom. The molecule has 0 aliphatic heterocycles. The lowest BCUT2D eigenvalue weighted by Gasteiger charge is -1.79. The van der Waals surface area contributed by atoms with Gasteiger partial charge in [0.15, 0.2) is 0 Å². The Kier molecular flexibility index (Phi) is 44.8. The van der Waals surface area contributed by atoms with Crippen molar-refractivity contribution >= 4 is 6.29 Å². The summed E-state index contributed by atoms with van der Waals surface area (Å²) in [5.41, 5.74) is 0. The number of carbonyl (C=O) groups is 1. The topological polar surface area (TPSA) is 37.3 Å². The molecule has 0 rings (SSSR count). The molecule has 0 radical (unpaired) electrons. The van der Waals surface area contributed by atoms with Gasteiger partial charge in [-0.1, -0.05) is 20.8 Å². The maximum atomic E-state index is 8.81. The average molecular weight is 134 g/mol. The zero-order valence-electron chi connectivity index (χ0n) is 7.01. The summed E-state index contributed by atoms with van der Waals surface area (Å²) >= 11 is 0. The lowest BCUT2D eigenvalue weighted by atomic mass is 10.3. The van der Waals surface area contributed by atoms with E-state index in [4.69, 9.17) is 9.90 Å². The van der Waals surface area contributed by atoms with Gasteiger partial charge in [0.2, 0.25) is 0 Å². The Labute approximate surface area is 57.9 Å². The van der Waals surface area contributed by atoms with E-state index in [2.05, 4.69) is 20.8 Å². The van der Waals surface area contributed by atoms with Gasteiger partial charge in [0.1, 0.15) is 6.29 Å². The number of carbonyl (C=O) groups excluding carboxylic acids is 1. The van der Waals surface area contributed by atoms with Crippen molar-refractivity contribution in [3.63, 3.8) is 0 Å². The van der Waals surface area contributed by atoms with Crippen LogP contribution < -0.4 is 0 Å². The summed E-state index contributed by atoms with van der Waals surface area (Å²) < 4.78 is 0. The van der Waals surface area contributed by atoms with Gasteiger partial charge in [-0.15, -0.1) is 0 Å². The molecule has 0 aromatic rings. The van der Waals surface area contributed by atoms with Gasteiger partial charge in [-0.2, -0.15) is 0 Å². The summed E-state index contributed by atoms with van der Waals surface area (Å²) in [6, 6.07) is 0. The van der Waals surface area contributed by atoms with Gasteiger partial charge in [-0.3, -0.25) is 0 Å². The summed E-state index contributed by atoms with van der Waals surface area (Å²) in [6.07, 6.45) is 0.750. The molecule has 1 N–H and O–H groups in total. The molecule has 0 unspecified atom stereocenters. The van der Waals surface area contributed by atoms with Crippen LogP contribution in [0.5, 0.6) is 0 Å². The third-order valence-corrected chi connectivity index (χ3v) is 0. The molecule has 0 aromatic heterocycles. The van der Waals surface area contributed by atoms with Crippen molar-refractivity contribution in [2.75, 3.05) is 7.11 Å². The first-order valence-corrected chi connectivity index (χ1v) is 2.99. The predicted molar refractivity (Wildman–Crippen MR) is 40.4 cm³/mol. The molecule has 0 atom stereocenters. The minimum Gasteiger partial charge on any atom is -0.400 e. The van der Waals surface area contributed by atoms with Gasteiger partial charge in [0, 0.05) is 7.11 Å². The van der Waals surface area contributed by atoms with Crippen molar-refractivity contribution < 1.29 is 9.90 Å². The van der Waals surface area contributed by atoms with E-state index in [0.29, 0.717) is 0 Å². The third kappa shape index (κ3) is 1770. The minimum atomic E-state index is 0.750. The minimum absolute atomic E-state index is 0.750. The van der Waals surface area contributed by atoms with Crippen LogP contribution in [-0.2, 0) is 4.79 Å². The molecule has 0 heterocycles. The van der Waals surface area contributed by atoms with E-state index < -0.39 is 0 Å². The number of hydrogen-bond acceptors (Lipinski definition) is 2. The zero-order chi connectivity index (χ0) is 8.28. The fourth-order valence-electron chi connectivity index (χ4n) is 0. The van der Waals surface area contributed by atoms with E-state index in [-0.39, 0.29) is 0 Å². The summed E-state index contributed by atoms with van der Waals surface area (Å²) in [6.45, 7) is 7.94. The van der Waals surface area contributed by atoms with Crippen LogP contribution in [0.2, 0.25) is 0 Å². The molecule has 0 bridgehead atoms. The molecule has 0 aliphatic rings. The summed E-state index contributed by atoms with van der Waals surface area (Å²) in [7, 11) is 1.00. The van der Waals surface area contributed by atoms with Crippen LogP contribution in [0.3, 0.4) is 0 Å². The molecular formula is C7H18O2. The van der Waals surface area contributed by atoms with Gasteiger partial charge in [-0.25, -0.2) is 0 Å². The first-order chi connectivity index (χ1) is 4.15. The number of rotatable bonds is 0. The Hall–Kier alpha value is -0.370. The van der Waals surface area contributed by atoms with Crippen molar-refractivity contribution in [2.45, 2.75) is 27.7 Å². The second-order valence-corrected chi connectivity index (χ2v) is 1.97. The highest BCUT2D eigenvalue weighted by molar-refractivity contribution is 5.44. The standard InChI is InChI=1S/C4H10.C2H4O.CH4O/c1-4(2)3;1-2-3;1-2/h4H,1-3H3;2H,1H3;2H,1H3. The maximum Gasteiger partial charge on any atom is 0.116 e. The van der Waals surface area contributed by atoms with E-state index in [1.807, 2.05) is 0 Å². The van der Waals surface area contributed by atoms with Crippen molar-refractivity contribution in [1.29, 1.82) is 0 Å². The SMILES string of the molecule is CC(C)C.CC=O.CO. The van der Waals surface area contributed by atoms with Gasteiger partial charge >= 0.3 is 0 Å². The molecule has 2 nitrogen and oxygen atoms in total. The van der Waals surface area contributed by atoms with E-state index in [9.17, 15) is 0 Å². The second kappa shape index (κ2) is 25.5. The number of aldehydes is 1. The van der Waals surface area contributed by atoms with E-state index in [1.54, 1.807) is 0 Å². The normalized spacial score (nSPS) is 6.11. The van der Waals surface area contributed by atoms with Crippen LogP contribution in [0, 0.1) is 5.92 Å². The molecule has 58 valence electrons. The van der Waals surface area contributed by atoms with E-state index >= 15 is 0 Å². The molecule has 0 aromatic carbocycles. The average Bonchev–Trinajstić information content (AvgIpc) is 1.71. The first kappa shape index (κ1) is 15.9. The van der Waals surface area contributed by atoms with Crippen molar-refractivity contribution in [3.05, 3.63) is 0 Å². The van der Waals surface area contributed by atoms with Crippen molar-refractivity contribution in [2.24, 2.45) is 5.92 Å². The molecule has 0 amide bonds. The molecule has 0 spiro atoms. The second-order valence-electron chi connectivity index (χ2n) is 1.97. The van der Waals surface area contributed by atoms with E-state index in [1.165, 1.54) is 6.92 Å². The van der Waals surface area contributed by atoms with Crippen LogP contribution in [0.4, 0.5) is 0 Å². The Morgan fingerprint density at radius 1 is 1.22 bits per heavy atom. The summed E-state index contributed by atoms with van der Waals surface area (Å²) in [5, 5.41) is 7.00. The van der Waals surface area contributed by atoms with Crippen molar-refractivity contribution in [3.8, 4) is 0 Å². The molecular weight excluding hydrogens is 116 g/mol. The molecule has 9 heavy (non-hydrogen) atoms. The largest absolute Gasteiger partial charge is 0.400 e. The number of hydrogen-bond donors (Lipinski definition) is 1. The molecule has 0 saturated heterocycles. The van der Waals surface area contributed by atoms with Crippen LogP contribution in [-0.4, -0.2) is 18.5 Å². The van der Waals surface area contributed by atoms with Gasteiger partial charge < -0.3 is 9.90 Å². The predicted octanol–water partition coefficient (Wildman–Crippen LogP) is 1.48. The fourth-order valence-corrected chi connectivity index (χ4v) is 0. The van der Waals surface area contributed by atoms with Crippen molar-refractivity contribution in [1.82, 2.24) is 0 Å². The van der Waals surface area contributed by atoms with Gasteiger partial charge in [-0.05, 0) is 12.8 Å². The Morgan fingerprint density at radius 3 is 1.22 bits per heavy atom. The van der Waals surface area contributed by atoms with Crippen LogP contribution in [0.1, 0.15) is 27.7 Å². The summed E-state index contributed by atoms with van der Waals surface area (Å²) in [5.74, 6) is 0.833. The first-order valence-electron chi connectivity index (χ1n) is 2.99. The smallest absolute Gasteiger partial charge is 0.116 e. The summed E-state index contributed by atoms with van der Waals surface area (Å²) in [4.78, 5) is 8.81. The Balaban J connectivity index is -0.0000000646. The molecule has 0 aliphatic carbocycles. The maximum absolute atomic E-state index is 8.81. The lowest BCUT2D eigenvalue weighted by Crippen LogP contribution is -1.66. The van der Waals surface area contributed by atoms with Gasteiger partial charge in [0.05, 0.1) is 0 Å². The Bertz CT molecular complexity index is 31.1.